The lowest BCUT2D eigenvalue weighted by Crippen LogP contribution is -2.18. The largest absolute Gasteiger partial charge is 0.497 e. The van der Waals surface area contributed by atoms with Gasteiger partial charge in [-0.1, -0.05) is 6.07 Å². The summed E-state index contributed by atoms with van der Waals surface area (Å²) in [7, 11) is 3.60. The maximum Gasteiger partial charge on any atom is 0.124 e. The van der Waals surface area contributed by atoms with Crippen LogP contribution in [0.3, 0.4) is 0 Å². The Labute approximate surface area is 125 Å². The summed E-state index contributed by atoms with van der Waals surface area (Å²) in [5.41, 5.74) is 10.7. The minimum atomic E-state index is 0.0453. The van der Waals surface area contributed by atoms with Gasteiger partial charge in [-0.15, -0.1) is 0 Å². The fourth-order valence-corrected chi connectivity index (χ4v) is 2.43. The van der Waals surface area contributed by atoms with E-state index in [-0.39, 0.29) is 5.84 Å². The van der Waals surface area contributed by atoms with Gasteiger partial charge in [-0.25, -0.2) is 0 Å². The van der Waals surface area contributed by atoms with Crippen molar-refractivity contribution in [2.75, 3.05) is 19.1 Å². The third kappa shape index (κ3) is 3.16. The molecule has 0 heterocycles. The van der Waals surface area contributed by atoms with Crippen LogP contribution >= 0.6 is 0 Å². The number of nitrogen functional groups attached to an aromatic ring is 1. The average molecular weight is 283 g/mol. The van der Waals surface area contributed by atoms with Gasteiger partial charge in [-0.05, 0) is 49.2 Å². The SMILES string of the molecule is COc1ccc(C(=N)N)c(N(C)c2cc(C)cc(C)c2)c1. The highest BCUT2D eigenvalue weighted by molar-refractivity contribution is 6.01. The number of hydrogen-bond donors (Lipinski definition) is 2. The molecule has 0 fully saturated rings. The van der Waals surface area contributed by atoms with Crippen molar-refractivity contribution in [3.63, 3.8) is 0 Å². The second kappa shape index (κ2) is 5.87. The fraction of sp³-hybridized carbons (Fsp3) is 0.235. The van der Waals surface area contributed by atoms with Crippen molar-refractivity contribution < 1.29 is 4.74 Å². The van der Waals surface area contributed by atoms with E-state index in [1.807, 2.05) is 30.1 Å². The molecule has 0 aliphatic heterocycles. The second-order valence-electron chi connectivity index (χ2n) is 5.20. The molecular weight excluding hydrogens is 262 g/mol. The molecule has 2 aromatic rings. The molecule has 0 aliphatic rings. The first-order valence-corrected chi connectivity index (χ1v) is 6.77. The Balaban J connectivity index is 2.55. The first kappa shape index (κ1) is 14.9. The molecule has 0 aromatic heterocycles. The van der Waals surface area contributed by atoms with Gasteiger partial charge in [0.05, 0.1) is 12.8 Å². The Kier molecular flexibility index (Phi) is 4.17. The zero-order valence-corrected chi connectivity index (χ0v) is 12.9. The fourth-order valence-electron chi connectivity index (χ4n) is 2.43. The van der Waals surface area contributed by atoms with E-state index in [1.165, 1.54) is 11.1 Å². The minimum absolute atomic E-state index is 0.0453. The Morgan fingerprint density at radius 3 is 2.24 bits per heavy atom. The lowest BCUT2D eigenvalue weighted by Gasteiger charge is -2.24. The van der Waals surface area contributed by atoms with Gasteiger partial charge in [0.15, 0.2) is 0 Å². The van der Waals surface area contributed by atoms with Crippen LogP contribution in [0.1, 0.15) is 16.7 Å². The average Bonchev–Trinajstić information content (AvgIpc) is 2.44. The molecule has 2 aromatic carbocycles. The van der Waals surface area contributed by atoms with Crippen molar-refractivity contribution in [1.29, 1.82) is 5.41 Å². The monoisotopic (exact) mass is 283 g/mol. The van der Waals surface area contributed by atoms with Crippen LogP contribution in [0, 0.1) is 19.3 Å². The molecule has 21 heavy (non-hydrogen) atoms. The molecule has 0 saturated carbocycles. The molecule has 110 valence electrons. The number of methoxy groups -OCH3 is 1. The molecule has 3 N–H and O–H groups in total. The molecule has 4 nitrogen and oxygen atoms in total. The maximum atomic E-state index is 7.75. The highest BCUT2D eigenvalue weighted by Crippen LogP contribution is 2.31. The summed E-state index contributed by atoms with van der Waals surface area (Å²) >= 11 is 0. The number of rotatable bonds is 4. The van der Waals surface area contributed by atoms with Crippen LogP contribution in [0.15, 0.2) is 36.4 Å². The second-order valence-corrected chi connectivity index (χ2v) is 5.20. The number of amidine groups is 1. The number of nitrogens with one attached hydrogen (secondary N) is 1. The number of nitrogens with zero attached hydrogens (tertiary/aromatic N) is 1. The summed E-state index contributed by atoms with van der Waals surface area (Å²) < 4.78 is 5.29. The van der Waals surface area contributed by atoms with Crippen molar-refractivity contribution in [1.82, 2.24) is 0 Å². The highest BCUT2D eigenvalue weighted by Gasteiger charge is 2.13. The van der Waals surface area contributed by atoms with Gasteiger partial charge in [0.1, 0.15) is 11.6 Å². The first-order chi connectivity index (χ1) is 9.92. The van der Waals surface area contributed by atoms with Gasteiger partial charge < -0.3 is 15.4 Å². The standard InChI is InChI=1S/C17H21N3O/c1-11-7-12(2)9-13(8-11)20(3)16-10-14(21-4)5-6-15(16)17(18)19/h5-10H,1-4H3,(H3,18,19). The van der Waals surface area contributed by atoms with Gasteiger partial charge in [0.2, 0.25) is 0 Å². The van der Waals surface area contributed by atoms with E-state index in [1.54, 1.807) is 7.11 Å². The number of hydrogen-bond acceptors (Lipinski definition) is 3. The molecule has 0 spiro atoms. The Morgan fingerprint density at radius 2 is 1.71 bits per heavy atom. The molecule has 2 rings (SSSR count). The summed E-state index contributed by atoms with van der Waals surface area (Å²) in [6.07, 6.45) is 0. The molecule has 0 bridgehead atoms. The van der Waals surface area contributed by atoms with E-state index in [9.17, 15) is 0 Å². The van der Waals surface area contributed by atoms with Gasteiger partial charge in [0.25, 0.3) is 0 Å². The van der Waals surface area contributed by atoms with Crippen LogP contribution in [0.4, 0.5) is 11.4 Å². The third-order valence-corrected chi connectivity index (χ3v) is 3.45. The quantitative estimate of drug-likeness (QED) is 0.668. The Hall–Kier alpha value is -2.49. The summed E-state index contributed by atoms with van der Waals surface area (Å²) in [6, 6.07) is 11.9. The molecule has 0 aliphatic carbocycles. The molecule has 0 saturated heterocycles. The van der Waals surface area contributed by atoms with Crippen LogP contribution in [-0.4, -0.2) is 20.0 Å². The topological polar surface area (TPSA) is 62.3 Å². The van der Waals surface area contributed by atoms with E-state index >= 15 is 0 Å². The Morgan fingerprint density at radius 1 is 1.10 bits per heavy atom. The molecule has 4 heteroatoms. The normalized spacial score (nSPS) is 10.3. The van der Waals surface area contributed by atoms with Crippen molar-refractivity contribution >= 4 is 17.2 Å². The van der Waals surface area contributed by atoms with Gasteiger partial charge in [-0.3, -0.25) is 5.41 Å². The van der Waals surface area contributed by atoms with E-state index in [2.05, 4.69) is 32.0 Å². The maximum absolute atomic E-state index is 7.75. The predicted molar refractivity (Wildman–Crippen MR) is 88.0 cm³/mol. The van der Waals surface area contributed by atoms with Gasteiger partial charge in [0, 0.05) is 24.4 Å². The van der Waals surface area contributed by atoms with Crippen LogP contribution in [0.5, 0.6) is 5.75 Å². The smallest absolute Gasteiger partial charge is 0.124 e. The minimum Gasteiger partial charge on any atom is -0.497 e. The zero-order chi connectivity index (χ0) is 15.6. The number of nitrogens with two attached hydrogens (primary N) is 1. The van der Waals surface area contributed by atoms with Crippen LogP contribution in [-0.2, 0) is 0 Å². The molecule has 0 amide bonds. The lowest BCUT2D eigenvalue weighted by atomic mass is 10.1. The van der Waals surface area contributed by atoms with Gasteiger partial charge >= 0.3 is 0 Å². The van der Waals surface area contributed by atoms with Crippen LogP contribution < -0.4 is 15.4 Å². The van der Waals surface area contributed by atoms with E-state index in [0.29, 0.717) is 5.56 Å². The highest BCUT2D eigenvalue weighted by atomic mass is 16.5. The number of aryl methyl sites for hydroxylation is 2. The first-order valence-electron chi connectivity index (χ1n) is 6.77. The van der Waals surface area contributed by atoms with E-state index in [0.717, 1.165) is 17.1 Å². The van der Waals surface area contributed by atoms with Crippen molar-refractivity contribution in [2.24, 2.45) is 5.73 Å². The summed E-state index contributed by atoms with van der Waals surface area (Å²) in [5.74, 6) is 0.787. The number of benzene rings is 2. The summed E-state index contributed by atoms with van der Waals surface area (Å²) in [6.45, 7) is 4.14. The number of anilines is 2. The lowest BCUT2D eigenvalue weighted by molar-refractivity contribution is 0.415. The van der Waals surface area contributed by atoms with Crippen LogP contribution in [0.25, 0.3) is 0 Å². The molecular formula is C17H21N3O. The van der Waals surface area contributed by atoms with Crippen LogP contribution in [0.2, 0.25) is 0 Å². The van der Waals surface area contributed by atoms with Crippen molar-refractivity contribution in [3.8, 4) is 5.75 Å². The molecule has 0 atom stereocenters. The number of ether oxygens (including phenoxy) is 1. The van der Waals surface area contributed by atoms with E-state index < -0.39 is 0 Å². The Bertz CT molecular complexity index is 659. The van der Waals surface area contributed by atoms with Gasteiger partial charge in [-0.2, -0.15) is 0 Å². The summed E-state index contributed by atoms with van der Waals surface area (Å²) in [5, 5.41) is 7.75. The van der Waals surface area contributed by atoms with Crippen molar-refractivity contribution in [3.05, 3.63) is 53.1 Å². The van der Waals surface area contributed by atoms with Crippen molar-refractivity contribution in [2.45, 2.75) is 13.8 Å². The zero-order valence-electron chi connectivity index (χ0n) is 12.9. The molecule has 0 unspecified atom stereocenters. The third-order valence-electron chi connectivity index (χ3n) is 3.45. The predicted octanol–water partition coefficient (Wildman–Crippen LogP) is 3.36. The van der Waals surface area contributed by atoms with E-state index in [4.69, 9.17) is 15.9 Å². The molecule has 0 radical (unpaired) electrons. The summed E-state index contributed by atoms with van der Waals surface area (Å²) in [4.78, 5) is 2.03.